The first-order valence-electron chi connectivity index (χ1n) is 21.5. The Morgan fingerprint density at radius 2 is 0.833 bits per heavy atom. The molecule has 0 aliphatic rings. The molecule has 1 amide bonds. The van der Waals surface area contributed by atoms with Gasteiger partial charge in [-0.1, -0.05) is 199 Å². The minimum absolute atomic E-state index is 0.0336. The van der Waals surface area contributed by atoms with Gasteiger partial charge in [0.25, 0.3) is 0 Å². The second-order valence-corrected chi connectivity index (χ2v) is 15.0. The van der Waals surface area contributed by atoms with E-state index in [1.807, 2.05) is 0 Å². The normalized spacial score (nSPS) is 13.7. The van der Waals surface area contributed by atoms with Crippen LogP contribution in [0.2, 0.25) is 0 Å². The van der Waals surface area contributed by atoms with Gasteiger partial charge in [-0.15, -0.1) is 0 Å². The average molecular weight is 680 g/mol. The highest BCUT2D eigenvalue weighted by molar-refractivity contribution is 5.76. The summed E-state index contributed by atoms with van der Waals surface area (Å²) in [5, 5.41) is 33.4. The maximum Gasteiger partial charge on any atom is 0.222 e. The zero-order valence-corrected chi connectivity index (χ0v) is 32.4. The number of aliphatic hydroxyl groups excluding tert-OH is 3. The first kappa shape index (κ1) is 47.1. The molecule has 0 saturated heterocycles. The van der Waals surface area contributed by atoms with Crippen molar-refractivity contribution in [1.82, 2.24) is 5.32 Å². The molecule has 5 heteroatoms. The fourth-order valence-electron chi connectivity index (χ4n) is 6.75. The van der Waals surface area contributed by atoms with Crippen molar-refractivity contribution in [2.75, 3.05) is 6.61 Å². The molecule has 0 aromatic carbocycles. The van der Waals surface area contributed by atoms with Gasteiger partial charge in [0.15, 0.2) is 0 Å². The zero-order chi connectivity index (χ0) is 35.2. The van der Waals surface area contributed by atoms with Gasteiger partial charge in [-0.2, -0.15) is 0 Å². The average Bonchev–Trinajstić information content (AvgIpc) is 3.08. The van der Waals surface area contributed by atoms with Gasteiger partial charge in [0.1, 0.15) is 0 Å². The third-order valence-electron chi connectivity index (χ3n) is 10.1. The van der Waals surface area contributed by atoms with Gasteiger partial charge < -0.3 is 20.6 Å². The Labute approximate surface area is 299 Å². The Morgan fingerprint density at radius 3 is 1.21 bits per heavy atom. The molecule has 0 fully saturated rings. The lowest BCUT2D eigenvalue weighted by molar-refractivity contribution is -0.125. The Balaban J connectivity index is 3.63. The second kappa shape index (κ2) is 38.9. The number of aliphatic hydroxyl groups is 3. The molecule has 0 rings (SSSR count). The van der Waals surface area contributed by atoms with Crippen molar-refractivity contribution in [3.8, 4) is 0 Å². The van der Waals surface area contributed by atoms with E-state index in [2.05, 4.69) is 31.3 Å². The van der Waals surface area contributed by atoms with Crippen LogP contribution in [0.3, 0.4) is 0 Å². The molecule has 286 valence electrons. The van der Waals surface area contributed by atoms with Crippen molar-refractivity contribution in [1.29, 1.82) is 0 Å². The van der Waals surface area contributed by atoms with Crippen LogP contribution in [0.15, 0.2) is 12.2 Å². The molecule has 0 aromatic heterocycles. The summed E-state index contributed by atoms with van der Waals surface area (Å²) in [5.41, 5.74) is 0. The fraction of sp³-hybridized carbons (Fsp3) is 0.930. The van der Waals surface area contributed by atoms with Crippen molar-refractivity contribution >= 4 is 5.91 Å². The van der Waals surface area contributed by atoms with Crippen LogP contribution in [0.5, 0.6) is 0 Å². The molecule has 48 heavy (non-hydrogen) atoms. The van der Waals surface area contributed by atoms with Crippen LogP contribution in [-0.4, -0.2) is 46.1 Å². The predicted molar refractivity (Wildman–Crippen MR) is 208 cm³/mol. The summed E-state index contributed by atoms with van der Waals surface area (Å²) < 4.78 is 0. The van der Waals surface area contributed by atoms with Gasteiger partial charge in [0.05, 0.1) is 31.3 Å². The van der Waals surface area contributed by atoms with Gasteiger partial charge in [-0.05, 0) is 38.5 Å². The molecule has 0 radical (unpaired) electrons. The van der Waals surface area contributed by atoms with E-state index in [1.54, 1.807) is 0 Å². The number of hydrogen-bond donors (Lipinski definition) is 4. The van der Waals surface area contributed by atoms with Crippen LogP contribution in [0, 0.1) is 0 Å². The maximum absolute atomic E-state index is 12.4. The molecule has 3 unspecified atom stereocenters. The van der Waals surface area contributed by atoms with Crippen molar-refractivity contribution in [3.63, 3.8) is 0 Å². The molecular weight excluding hydrogens is 594 g/mol. The molecule has 0 heterocycles. The number of allylic oxidation sites excluding steroid dienone is 2. The van der Waals surface area contributed by atoms with Gasteiger partial charge in [-0.3, -0.25) is 4.79 Å². The molecule has 0 aliphatic heterocycles. The predicted octanol–water partition coefficient (Wildman–Crippen LogP) is 12.0. The summed E-state index contributed by atoms with van der Waals surface area (Å²) >= 11 is 0. The molecule has 4 N–H and O–H groups in total. The van der Waals surface area contributed by atoms with Crippen LogP contribution in [0.4, 0.5) is 0 Å². The molecular formula is C43H85NO4. The van der Waals surface area contributed by atoms with E-state index in [0.29, 0.717) is 12.8 Å². The standard InChI is InChI=1S/C43H85NO4/c1-3-5-7-9-11-13-15-17-19-21-22-24-26-28-30-32-34-36-40(46)38-43(48)44-41(39-45)42(47)37-35-33-31-29-27-25-23-20-18-16-14-12-10-8-6-4-2/h21-22,40-42,45-47H,3-20,23-39H2,1-2H3,(H,44,48)/b22-21-. The van der Waals surface area contributed by atoms with Gasteiger partial charge in [0, 0.05) is 0 Å². The van der Waals surface area contributed by atoms with Crippen LogP contribution in [0.25, 0.3) is 0 Å². The Morgan fingerprint density at radius 1 is 0.500 bits per heavy atom. The van der Waals surface area contributed by atoms with Crippen LogP contribution in [-0.2, 0) is 4.79 Å². The van der Waals surface area contributed by atoms with E-state index in [-0.39, 0.29) is 18.9 Å². The van der Waals surface area contributed by atoms with E-state index >= 15 is 0 Å². The SMILES string of the molecule is CCCCCCCCCC/C=C\CCCCCCCC(O)CC(=O)NC(CO)C(O)CCCCCCCCCCCCCCCCCC. The smallest absolute Gasteiger partial charge is 0.222 e. The van der Waals surface area contributed by atoms with Crippen molar-refractivity contribution < 1.29 is 20.1 Å². The first-order chi connectivity index (χ1) is 23.5. The van der Waals surface area contributed by atoms with Crippen molar-refractivity contribution in [2.45, 2.75) is 250 Å². The molecule has 5 nitrogen and oxygen atoms in total. The minimum atomic E-state index is -0.748. The largest absolute Gasteiger partial charge is 0.394 e. The zero-order valence-electron chi connectivity index (χ0n) is 32.4. The number of unbranched alkanes of at least 4 members (excludes halogenated alkanes) is 28. The summed E-state index contributed by atoms with van der Waals surface area (Å²) in [5.74, 6) is -0.286. The topological polar surface area (TPSA) is 89.8 Å². The molecule has 3 atom stereocenters. The summed E-state index contributed by atoms with van der Waals surface area (Å²) in [6, 6.07) is -0.657. The number of amides is 1. The lowest BCUT2D eigenvalue weighted by atomic mass is 10.0. The highest BCUT2D eigenvalue weighted by atomic mass is 16.3. The molecule has 0 aromatic rings. The highest BCUT2D eigenvalue weighted by Crippen LogP contribution is 2.16. The Bertz CT molecular complexity index is 669. The van der Waals surface area contributed by atoms with Crippen LogP contribution in [0.1, 0.15) is 232 Å². The molecule has 0 aliphatic carbocycles. The number of carbonyl (C=O) groups excluding carboxylic acids is 1. The first-order valence-corrected chi connectivity index (χ1v) is 21.5. The third-order valence-corrected chi connectivity index (χ3v) is 10.1. The lowest BCUT2D eigenvalue weighted by Crippen LogP contribution is -2.46. The molecule has 0 saturated carbocycles. The summed E-state index contributed by atoms with van der Waals surface area (Å²) in [6.45, 7) is 4.27. The van der Waals surface area contributed by atoms with E-state index in [1.165, 1.54) is 167 Å². The molecule has 0 bridgehead atoms. The van der Waals surface area contributed by atoms with E-state index in [4.69, 9.17) is 0 Å². The lowest BCUT2D eigenvalue weighted by Gasteiger charge is -2.23. The van der Waals surface area contributed by atoms with Gasteiger partial charge in [-0.25, -0.2) is 0 Å². The van der Waals surface area contributed by atoms with Crippen molar-refractivity contribution in [2.24, 2.45) is 0 Å². The number of carbonyl (C=O) groups is 1. The molecule has 0 spiro atoms. The third kappa shape index (κ3) is 34.9. The Hall–Kier alpha value is -0.910. The Kier molecular flexibility index (Phi) is 38.1. The monoisotopic (exact) mass is 680 g/mol. The van der Waals surface area contributed by atoms with Gasteiger partial charge in [0.2, 0.25) is 5.91 Å². The highest BCUT2D eigenvalue weighted by Gasteiger charge is 2.21. The summed E-state index contributed by atoms with van der Waals surface area (Å²) in [6.07, 6.45) is 44.6. The summed E-state index contributed by atoms with van der Waals surface area (Å²) in [7, 11) is 0. The maximum atomic E-state index is 12.4. The van der Waals surface area contributed by atoms with E-state index < -0.39 is 18.2 Å². The van der Waals surface area contributed by atoms with E-state index in [0.717, 1.165) is 32.1 Å². The van der Waals surface area contributed by atoms with Crippen molar-refractivity contribution in [3.05, 3.63) is 12.2 Å². The second-order valence-electron chi connectivity index (χ2n) is 15.0. The van der Waals surface area contributed by atoms with Gasteiger partial charge >= 0.3 is 0 Å². The van der Waals surface area contributed by atoms with Crippen LogP contribution >= 0.6 is 0 Å². The number of nitrogens with one attached hydrogen (secondary N) is 1. The quantitative estimate of drug-likeness (QED) is 0.0384. The summed E-state index contributed by atoms with van der Waals surface area (Å²) in [4.78, 5) is 12.4. The van der Waals surface area contributed by atoms with E-state index in [9.17, 15) is 20.1 Å². The van der Waals surface area contributed by atoms with Crippen LogP contribution < -0.4 is 5.32 Å². The fourth-order valence-corrected chi connectivity index (χ4v) is 6.75. The minimum Gasteiger partial charge on any atom is -0.394 e. The number of hydrogen-bond acceptors (Lipinski definition) is 4. The number of rotatable bonds is 39.